The maximum atomic E-state index is 15.0. The summed E-state index contributed by atoms with van der Waals surface area (Å²) in [6.45, 7) is 4.76. The number of nitrogens with zero attached hydrogens (tertiary/aromatic N) is 3. The number of amides is 1. The normalized spacial score (nSPS) is 22.6. The SMILES string of the molecule is O=C1C(=O)N(CCCN2CCOCC2)[C@H](c2ccccc2F)C1=C(O)c1ccc(S(=O)(=O)N2CCOCC2)cc1. The van der Waals surface area contributed by atoms with Gasteiger partial charge in [-0.1, -0.05) is 18.2 Å². The van der Waals surface area contributed by atoms with Crippen LogP contribution in [-0.2, 0) is 29.1 Å². The Morgan fingerprint density at radius 3 is 2.17 bits per heavy atom. The molecule has 12 heteroatoms. The summed E-state index contributed by atoms with van der Waals surface area (Å²) >= 11 is 0. The number of halogens is 1. The van der Waals surface area contributed by atoms with Gasteiger partial charge in [-0.2, -0.15) is 4.31 Å². The van der Waals surface area contributed by atoms with Crippen LogP contribution in [-0.4, -0.2) is 105 Å². The minimum Gasteiger partial charge on any atom is -0.507 e. The Labute approximate surface area is 232 Å². The first-order valence-corrected chi connectivity index (χ1v) is 14.7. The van der Waals surface area contributed by atoms with Crippen molar-refractivity contribution in [1.82, 2.24) is 14.1 Å². The second-order valence-corrected chi connectivity index (χ2v) is 11.8. The Kier molecular flexibility index (Phi) is 8.62. The molecule has 0 spiro atoms. The van der Waals surface area contributed by atoms with E-state index in [1.54, 1.807) is 6.07 Å². The highest BCUT2D eigenvalue weighted by Crippen LogP contribution is 2.40. The van der Waals surface area contributed by atoms with Crippen molar-refractivity contribution in [3.05, 3.63) is 71.0 Å². The van der Waals surface area contributed by atoms with Crippen molar-refractivity contribution in [1.29, 1.82) is 0 Å². The van der Waals surface area contributed by atoms with Crippen LogP contribution in [0.25, 0.3) is 5.76 Å². The molecule has 2 aromatic rings. The van der Waals surface area contributed by atoms with Crippen molar-refractivity contribution in [3.8, 4) is 0 Å². The van der Waals surface area contributed by atoms with E-state index in [0.717, 1.165) is 13.1 Å². The first-order valence-electron chi connectivity index (χ1n) is 13.3. The molecule has 3 fully saturated rings. The molecule has 214 valence electrons. The second-order valence-electron chi connectivity index (χ2n) is 9.86. The molecule has 1 amide bonds. The number of hydrogen-bond donors (Lipinski definition) is 1. The average Bonchev–Trinajstić information content (AvgIpc) is 3.23. The molecule has 1 N–H and O–H groups in total. The van der Waals surface area contributed by atoms with Gasteiger partial charge in [0.15, 0.2) is 0 Å². The lowest BCUT2D eigenvalue weighted by molar-refractivity contribution is -0.140. The smallest absolute Gasteiger partial charge is 0.295 e. The molecule has 1 atom stereocenters. The number of carbonyl (C=O) groups is 2. The predicted molar refractivity (Wildman–Crippen MR) is 143 cm³/mol. The number of rotatable bonds is 8. The molecule has 5 rings (SSSR count). The van der Waals surface area contributed by atoms with Crippen LogP contribution >= 0.6 is 0 Å². The number of ketones is 1. The molecule has 0 radical (unpaired) electrons. The fourth-order valence-electron chi connectivity index (χ4n) is 5.30. The fourth-order valence-corrected chi connectivity index (χ4v) is 6.70. The van der Waals surface area contributed by atoms with Crippen LogP contribution in [0.3, 0.4) is 0 Å². The monoisotopic (exact) mass is 573 g/mol. The molecule has 3 aliphatic heterocycles. The molecular weight excluding hydrogens is 541 g/mol. The van der Waals surface area contributed by atoms with Gasteiger partial charge in [-0.25, -0.2) is 12.8 Å². The van der Waals surface area contributed by atoms with Crippen LogP contribution in [0.15, 0.2) is 59.0 Å². The Hall–Kier alpha value is -3.16. The highest BCUT2D eigenvalue weighted by Gasteiger charge is 2.46. The summed E-state index contributed by atoms with van der Waals surface area (Å²) in [7, 11) is -3.77. The van der Waals surface area contributed by atoms with Gasteiger partial charge in [0, 0.05) is 50.4 Å². The number of aliphatic hydroxyl groups excluding tert-OH is 1. The van der Waals surface area contributed by atoms with Gasteiger partial charge in [0.2, 0.25) is 10.0 Å². The molecule has 2 aromatic carbocycles. The minimum absolute atomic E-state index is 0.0279. The molecule has 0 aromatic heterocycles. The summed E-state index contributed by atoms with van der Waals surface area (Å²) in [5.41, 5.74) is 0.0139. The topological polar surface area (TPSA) is 117 Å². The highest BCUT2D eigenvalue weighted by atomic mass is 32.2. The van der Waals surface area contributed by atoms with E-state index in [-0.39, 0.29) is 41.2 Å². The standard InChI is InChI=1S/C28H32FN3O7S/c29-23-5-2-1-4-22(23)25-24(27(34)28(35)32(25)11-3-10-30-12-16-38-17-13-30)26(33)20-6-8-21(9-7-20)40(36,37)31-14-18-39-19-15-31/h1-2,4-9,25,33H,3,10-19H2/t25-/m1/s1. The van der Waals surface area contributed by atoms with Crippen molar-refractivity contribution in [2.24, 2.45) is 0 Å². The predicted octanol–water partition coefficient (Wildman–Crippen LogP) is 1.99. The zero-order valence-corrected chi connectivity index (χ0v) is 22.8. The van der Waals surface area contributed by atoms with Crippen molar-refractivity contribution >= 4 is 27.5 Å². The van der Waals surface area contributed by atoms with Gasteiger partial charge in [-0.15, -0.1) is 0 Å². The Morgan fingerprint density at radius 2 is 1.52 bits per heavy atom. The lowest BCUT2D eigenvalue weighted by Gasteiger charge is -2.29. The molecule has 10 nitrogen and oxygen atoms in total. The first-order chi connectivity index (χ1) is 19.3. The minimum atomic E-state index is -3.77. The van der Waals surface area contributed by atoms with Crippen molar-refractivity contribution in [2.45, 2.75) is 17.4 Å². The highest BCUT2D eigenvalue weighted by molar-refractivity contribution is 7.89. The molecule has 0 bridgehead atoms. The third-order valence-electron chi connectivity index (χ3n) is 7.45. The summed E-state index contributed by atoms with van der Waals surface area (Å²) in [6, 6.07) is 10.2. The van der Waals surface area contributed by atoms with Gasteiger partial charge < -0.3 is 19.5 Å². The molecule has 0 aliphatic carbocycles. The van der Waals surface area contributed by atoms with E-state index in [2.05, 4.69) is 4.90 Å². The fraction of sp³-hybridized carbons (Fsp3) is 0.429. The summed E-state index contributed by atoms with van der Waals surface area (Å²) in [5.74, 6) is -2.83. The Morgan fingerprint density at radius 1 is 0.900 bits per heavy atom. The zero-order valence-electron chi connectivity index (χ0n) is 22.0. The first kappa shape index (κ1) is 28.4. The second kappa shape index (κ2) is 12.1. The number of hydrogen-bond acceptors (Lipinski definition) is 8. The van der Waals surface area contributed by atoms with Gasteiger partial charge in [-0.05, 0) is 36.8 Å². The molecular formula is C28H32FN3O7S. The summed E-state index contributed by atoms with van der Waals surface area (Å²) < 4.78 is 52.9. The van der Waals surface area contributed by atoms with Crippen LogP contribution in [0.4, 0.5) is 4.39 Å². The van der Waals surface area contributed by atoms with E-state index in [9.17, 15) is 23.1 Å². The molecule has 0 unspecified atom stereocenters. The molecule has 3 aliphatic rings. The number of morpholine rings is 2. The summed E-state index contributed by atoms with van der Waals surface area (Å²) in [5, 5.41) is 11.3. The van der Waals surface area contributed by atoms with Crippen molar-refractivity contribution in [3.63, 3.8) is 0 Å². The third-order valence-corrected chi connectivity index (χ3v) is 9.37. The number of benzene rings is 2. The number of ether oxygens (including phenoxy) is 2. The van der Waals surface area contributed by atoms with Crippen LogP contribution in [0.5, 0.6) is 0 Å². The number of likely N-dealkylation sites (tertiary alicyclic amines) is 1. The van der Waals surface area contributed by atoms with Crippen LogP contribution < -0.4 is 0 Å². The number of carbonyl (C=O) groups excluding carboxylic acids is 2. The third kappa shape index (κ3) is 5.68. The van der Waals surface area contributed by atoms with Gasteiger partial charge in [0.25, 0.3) is 11.7 Å². The maximum Gasteiger partial charge on any atom is 0.295 e. The molecule has 3 heterocycles. The van der Waals surface area contributed by atoms with Crippen molar-refractivity contribution < 1.29 is 37.0 Å². The lowest BCUT2D eigenvalue weighted by atomic mass is 9.95. The van der Waals surface area contributed by atoms with E-state index in [1.165, 1.54) is 51.7 Å². The quantitative estimate of drug-likeness (QED) is 0.290. The number of aliphatic hydroxyl groups is 1. The molecule has 40 heavy (non-hydrogen) atoms. The lowest BCUT2D eigenvalue weighted by Crippen LogP contribution is -2.40. The van der Waals surface area contributed by atoms with E-state index >= 15 is 4.39 Å². The largest absolute Gasteiger partial charge is 0.507 e. The number of sulfonamides is 1. The van der Waals surface area contributed by atoms with Crippen molar-refractivity contribution in [2.75, 3.05) is 65.7 Å². The molecule has 0 saturated carbocycles. The van der Waals surface area contributed by atoms with E-state index in [1.807, 2.05) is 0 Å². The van der Waals surface area contributed by atoms with Gasteiger partial charge in [0.05, 0.1) is 42.9 Å². The summed E-state index contributed by atoms with van der Waals surface area (Å²) in [6.07, 6.45) is 0.548. The maximum absolute atomic E-state index is 15.0. The van der Waals surface area contributed by atoms with E-state index in [0.29, 0.717) is 39.4 Å². The van der Waals surface area contributed by atoms with Gasteiger partial charge in [0.1, 0.15) is 11.6 Å². The van der Waals surface area contributed by atoms with Gasteiger partial charge >= 0.3 is 0 Å². The van der Waals surface area contributed by atoms with Gasteiger partial charge in [-0.3, -0.25) is 14.5 Å². The van der Waals surface area contributed by atoms with E-state index in [4.69, 9.17) is 9.47 Å². The van der Waals surface area contributed by atoms with Crippen LogP contribution in [0, 0.1) is 5.82 Å². The van der Waals surface area contributed by atoms with E-state index < -0.39 is 39.3 Å². The number of Topliss-reactive ketones (excluding diaryl/α,β-unsaturated/α-hetero) is 1. The van der Waals surface area contributed by atoms with Crippen LogP contribution in [0.2, 0.25) is 0 Å². The summed E-state index contributed by atoms with van der Waals surface area (Å²) in [4.78, 5) is 30.0. The zero-order chi connectivity index (χ0) is 28.3. The Bertz CT molecular complexity index is 1380. The average molecular weight is 574 g/mol. The Balaban J connectivity index is 1.45. The molecule has 3 saturated heterocycles. The van der Waals surface area contributed by atoms with Crippen LogP contribution in [0.1, 0.15) is 23.6 Å².